The summed E-state index contributed by atoms with van der Waals surface area (Å²) in [7, 11) is -2.06. The number of likely N-dealkylation sites (N-methyl/N-ethyl adjacent to an activating group) is 1. The first-order valence-electron chi connectivity index (χ1n) is 6.19. The summed E-state index contributed by atoms with van der Waals surface area (Å²) >= 11 is 1.17. The average molecular weight is 311 g/mol. The van der Waals surface area contributed by atoms with Gasteiger partial charge < -0.3 is 5.11 Å². The van der Waals surface area contributed by atoms with E-state index in [2.05, 4.69) is 0 Å². The fraction of sp³-hybridized carbons (Fsp3) is 0.286. The third kappa shape index (κ3) is 2.93. The lowest BCUT2D eigenvalue weighted by Crippen LogP contribution is -2.38. The molecule has 0 aliphatic rings. The first-order valence-corrected chi connectivity index (χ1v) is 8.51. The normalized spacial score (nSPS) is 15.2. The zero-order valence-electron chi connectivity index (χ0n) is 11.3. The average Bonchev–Trinajstić information content (AvgIpc) is 3.00. The van der Waals surface area contributed by atoms with Crippen molar-refractivity contribution in [3.63, 3.8) is 0 Å². The van der Waals surface area contributed by atoms with E-state index in [9.17, 15) is 13.5 Å². The van der Waals surface area contributed by atoms with Crippen LogP contribution in [0.5, 0.6) is 0 Å². The largest absolute Gasteiger partial charge is 0.387 e. The number of aliphatic hydroxyl groups is 1. The van der Waals surface area contributed by atoms with Gasteiger partial charge in [-0.3, -0.25) is 0 Å². The Morgan fingerprint density at radius 1 is 1.15 bits per heavy atom. The Bertz CT molecular complexity index is 638. The predicted molar refractivity (Wildman–Crippen MR) is 80.1 cm³/mol. The molecule has 0 unspecified atom stereocenters. The molecule has 20 heavy (non-hydrogen) atoms. The van der Waals surface area contributed by atoms with Crippen molar-refractivity contribution < 1.29 is 13.5 Å². The number of rotatable bonds is 5. The zero-order valence-corrected chi connectivity index (χ0v) is 12.9. The standard InChI is InChI=1S/C14H17NO3S2/c1-11(14(16)12-7-4-3-5-8-12)15(2)20(17,18)13-9-6-10-19-13/h3-11,14,16H,1-2H3/t11-,14+/m1/s1. The molecule has 0 saturated heterocycles. The summed E-state index contributed by atoms with van der Waals surface area (Å²) in [6.07, 6.45) is -0.865. The molecule has 0 radical (unpaired) electrons. The SMILES string of the molecule is C[C@H]([C@H](O)c1ccccc1)N(C)S(=O)(=O)c1cccs1. The molecule has 108 valence electrons. The van der Waals surface area contributed by atoms with E-state index in [1.54, 1.807) is 36.6 Å². The van der Waals surface area contributed by atoms with Gasteiger partial charge in [0.25, 0.3) is 10.0 Å². The quantitative estimate of drug-likeness (QED) is 0.923. The van der Waals surface area contributed by atoms with Gasteiger partial charge in [0, 0.05) is 7.05 Å². The van der Waals surface area contributed by atoms with Crippen LogP contribution < -0.4 is 0 Å². The van der Waals surface area contributed by atoms with Crippen LogP contribution in [0, 0.1) is 0 Å². The van der Waals surface area contributed by atoms with Gasteiger partial charge in [-0.25, -0.2) is 8.42 Å². The molecular formula is C14H17NO3S2. The first kappa shape index (κ1) is 15.2. The van der Waals surface area contributed by atoms with Crippen molar-refractivity contribution in [2.45, 2.75) is 23.3 Å². The highest BCUT2D eigenvalue weighted by molar-refractivity contribution is 7.91. The molecule has 0 saturated carbocycles. The van der Waals surface area contributed by atoms with E-state index in [1.165, 1.54) is 22.7 Å². The van der Waals surface area contributed by atoms with Gasteiger partial charge in [-0.05, 0) is 23.9 Å². The highest BCUT2D eigenvalue weighted by atomic mass is 32.2. The molecule has 1 N–H and O–H groups in total. The van der Waals surface area contributed by atoms with Crippen LogP contribution >= 0.6 is 11.3 Å². The van der Waals surface area contributed by atoms with Gasteiger partial charge in [0.05, 0.1) is 12.1 Å². The highest BCUT2D eigenvalue weighted by Crippen LogP contribution is 2.26. The van der Waals surface area contributed by atoms with Crippen LogP contribution in [0.3, 0.4) is 0 Å². The van der Waals surface area contributed by atoms with Crippen molar-refractivity contribution in [2.24, 2.45) is 0 Å². The monoisotopic (exact) mass is 311 g/mol. The third-order valence-electron chi connectivity index (χ3n) is 3.30. The summed E-state index contributed by atoms with van der Waals surface area (Å²) in [6.45, 7) is 1.70. The van der Waals surface area contributed by atoms with E-state index in [0.717, 1.165) is 0 Å². The minimum absolute atomic E-state index is 0.284. The second kappa shape index (κ2) is 6.05. The smallest absolute Gasteiger partial charge is 0.252 e. The van der Waals surface area contributed by atoms with Gasteiger partial charge in [-0.1, -0.05) is 36.4 Å². The lowest BCUT2D eigenvalue weighted by atomic mass is 10.0. The molecule has 2 aromatic rings. The van der Waals surface area contributed by atoms with Crippen LogP contribution in [0.15, 0.2) is 52.1 Å². The van der Waals surface area contributed by atoms with E-state index < -0.39 is 22.2 Å². The first-order chi connectivity index (χ1) is 9.44. The summed E-state index contributed by atoms with van der Waals surface area (Å²) in [4.78, 5) is 0. The summed E-state index contributed by atoms with van der Waals surface area (Å²) in [5, 5.41) is 12.0. The number of thiophene rings is 1. The minimum Gasteiger partial charge on any atom is -0.387 e. The summed E-state index contributed by atoms with van der Waals surface area (Å²) in [6, 6.07) is 11.8. The number of nitrogens with zero attached hydrogens (tertiary/aromatic N) is 1. The van der Waals surface area contributed by atoms with Crippen molar-refractivity contribution in [3.8, 4) is 0 Å². The van der Waals surface area contributed by atoms with E-state index in [1.807, 2.05) is 18.2 Å². The molecule has 0 fully saturated rings. The fourth-order valence-electron chi connectivity index (χ4n) is 1.90. The van der Waals surface area contributed by atoms with Gasteiger partial charge in [0.1, 0.15) is 4.21 Å². The second-order valence-electron chi connectivity index (χ2n) is 4.55. The maximum atomic E-state index is 12.4. The van der Waals surface area contributed by atoms with Gasteiger partial charge >= 0.3 is 0 Å². The van der Waals surface area contributed by atoms with Gasteiger partial charge in [0.2, 0.25) is 0 Å². The number of sulfonamides is 1. The van der Waals surface area contributed by atoms with E-state index in [4.69, 9.17) is 0 Å². The highest BCUT2D eigenvalue weighted by Gasteiger charge is 2.30. The van der Waals surface area contributed by atoms with Crippen LogP contribution in [0.25, 0.3) is 0 Å². The van der Waals surface area contributed by atoms with Crippen molar-refractivity contribution in [2.75, 3.05) is 7.05 Å². The van der Waals surface area contributed by atoms with E-state index in [0.29, 0.717) is 5.56 Å². The summed E-state index contributed by atoms with van der Waals surface area (Å²) in [5.41, 5.74) is 0.702. The van der Waals surface area contributed by atoms with Crippen LogP contribution in [-0.2, 0) is 10.0 Å². The predicted octanol–water partition coefficient (Wildman–Crippen LogP) is 2.49. The second-order valence-corrected chi connectivity index (χ2v) is 7.72. The Morgan fingerprint density at radius 3 is 2.35 bits per heavy atom. The number of aliphatic hydroxyl groups excluding tert-OH is 1. The molecule has 2 rings (SSSR count). The lowest BCUT2D eigenvalue weighted by Gasteiger charge is -2.28. The van der Waals surface area contributed by atoms with Crippen molar-refractivity contribution >= 4 is 21.4 Å². The van der Waals surface area contributed by atoms with E-state index >= 15 is 0 Å². The molecule has 0 amide bonds. The molecule has 6 heteroatoms. The van der Waals surface area contributed by atoms with Gasteiger partial charge in [-0.2, -0.15) is 4.31 Å². The summed E-state index contributed by atoms with van der Waals surface area (Å²) in [5.74, 6) is 0. The van der Waals surface area contributed by atoms with Crippen LogP contribution in [0.4, 0.5) is 0 Å². The third-order valence-corrected chi connectivity index (χ3v) is 6.62. The van der Waals surface area contributed by atoms with Gasteiger partial charge in [-0.15, -0.1) is 11.3 Å². The molecule has 1 aromatic carbocycles. The number of hydrogen-bond donors (Lipinski definition) is 1. The Kier molecular flexibility index (Phi) is 4.59. The topological polar surface area (TPSA) is 57.6 Å². The van der Waals surface area contributed by atoms with Crippen molar-refractivity contribution in [1.82, 2.24) is 4.31 Å². The Balaban J connectivity index is 2.23. The Morgan fingerprint density at radius 2 is 1.80 bits per heavy atom. The van der Waals surface area contributed by atoms with Crippen molar-refractivity contribution in [3.05, 3.63) is 53.4 Å². The molecular weight excluding hydrogens is 294 g/mol. The molecule has 0 bridgehead atoms. The number of hydrogen-bond acceptors (Lipinski definition) is 4. The van der Waals surface area contributed by atoms with Crippen LogP contribution in [0.2, 0.25) is 0 Å². The van der Waals surface area contributed by atoms with E-state index in [-0.39, 0.29) is 4.21 Å². The van der Waals surface area contributed by atoms with Crippen molar-refractivity contribution in [1.29, 1.82) is 0 Å². The molecule has 1 heterocycles. The Labute approximate surface area is 123 Å². The molecule has 0 aliphatic carbocycles. The molecule has 0 spiro atoms. The zero-order chi connectivity index (χ0) is 14.8. The molecule has 1 aromatic heterocycles. The van der Waals surface area contributed by atoms with Crippen LogP contribution in [-0.4, -0.2) is 30.9 Å². The molecule has 2 atom stereocenters. The fourth-order valence-corrected chi connectivity index (χ4v) is 4.44. The molecule has 0 aliphatic heterocycles. The maximum absolute atomic E-state index is 12.4. The van der Waals surface area contributed by atoms with Crippen LogP contribution in [0.1, 0.15) is 18.6 Å². The summed E-state index contributed by atoms with van der Waals surface area (Å²) < 4.78 is 26.3. The lowest BCUT2D eigenvalue weighted by molar-refractivity contribution is 0.108. The maximum Gasteiger partial charge on any atom is 0.252 e. The molecule has 4 nitrogen and oxygen atoms in total. The minimum atomic E-state index is -3.56. The number of benzene rings is 1. The Hall–Kier alpha value is -1.21. The van der Waals surface area contributed by atoms with Gasteiger partial charge in [0.15, 0.2) is 0 Å².